The van der Waals surface area contributed by atoms with Gasteiger partial charge in [-0.3, -0.25) is 4.79 Å². The predicted molar refractivity (Wildman–Crippen MR) is 86.4 cm³/mol. The van der Waals surface area contributed by atoms with E-state index in [0.717, 1.165) is 6.42 Å². The lowest BCUT2D eigenvalue weighted by molar-refractivity contribution is -0.135. The number of hydrogen-bond acceptors (Lipinski definition) is 2. The highest BCUT2D eigenvalue weighted by Gasteiger charge is 2.30. The lowest BCUT2D eigenvalue weighted by Gasteiger charge is -2.33. The van der Waals surface area contributed by atoms with Gasteiger partial charge in [0.2, 0.25) is 5.91 Å². The molecule has 0 aromatic heterocycles. The van der Waals surface area contributed by atoms with Gasteiger partial charge in [-0.05, 0) is 23.5 Å². The van der Waals surface area contributed by atoms with Gasteiger partial charge in [-0.2, -0.15) is 0 Å². The first-order chi connectivity index (χ1) is 10.4. The van der Waals surface area contributed by atoms with Gasteiger partial charge in [0.25, 0.3) is 0 Å². The van der Waals surface area contributed by atoms with E-state index in [9.17, 15) is 9.59 Å². The second-order valence-corrected chi connectivity index (χ2v) is 6.34. The Labute approximate surface area is 132 Å². The van der Waals surface area contributed by atoms with Crippen LogP contribution in [0.1, 0.15) is 25.0 Å². The summed E-state index contributed by atoms with van der Waals surface area (Å²) in [6, 6.07) is 7.50. The topological polar surface area (TPSA) is 52.7 Å². The molecule has 1 aliphatic rings. The molecule has 0 saturated carbocycles. The molecule has 0 bridgehead atoms. The summed E-state index contributed by atoms with van der Waals surface area (Å²) in [5.74, 6) is 0.0493. The summed E-state index contributed by atoms with van der Waals surface area (Å²) in [4.78, 5) is 28.0. The van der Waals surface area contributed by atoms with E-state index in [1.807, 2.05) is 30.9 Å². The quantitative estimate of drug-likeness (QED) is 0.927. The average Bonchev–Trinajstić information content (AvgIpc) is 2.50. The molecule has 0 fully saturated rings. The Kier molecular flexibility index (Phi) is 5.06. The Bertz CT molecular complexity index is 555. The van der Waals surface area contributed by atoms with Gasteiger partial charge in [0.15, 0.2) is 0 Å². The van der Waals surface area contributed by atoms with Crippen molar-refractivity contribution < 1.29 is 9.59 Å². The van der Waals surface area contributed by atoms with E-state index in [1.165, 1.54) is 16.0 Å². The van der Waals surface area contributed by atoms with Gasteiger partial charge in [0.05, 0.1) is 0 Å². The summed E-state index contributed by atoms with van der Waals surface area (Å²) < 4.78 is 0. The molecular weight excluding hydrogens is 278 g/mol. The zero-order chi connectivity index (χ0) is 16.3. The van der Waals surface area contributed by atoms with Crippen LogP contribution in [0.5, 0.6) is 0 Å². The van der Waals surface area contributed by atoms with E-state index in [2.05, 4.69) is 17.4 Å². The number of nitrogens with one attached hydrogen (secondary N) is 1. The summed E-state index contributed by atoms with van der Waals surface area (Å²) in [5.41, 5.74) is 2.51. The number of amides is 3. The minimum Gasteiger partial charge on any atom is -0.336 e. The van der Waals surface area contributed by atoms with Gasteiger partial charge in [-0.1, -0.05) is 38.1 Å². The highest BCUT2D eigenvalue weighted by Crippen LogP contribution is 2.20. The van der Waals surface area contributed by atoms with Gasteiger partial charge in [-0.25, -0.2) is 4.79 Å². The van der Waals surface area contributed by atoms with Crippen LogP contribution in [-0.4, -0.2) is 48.4 Å². The number of rotatable bonds is 3. The van der Waals surface area contributed by atoms with E-state index in [-0.39, 0.29) is 17.9 Å². The van der Waals surface area contributed by atoms with Crippen molar-refractivity contribution in [2.24, 2.45) is 5.92 Å². The Morgan fingerprint density at radius 1 is 1.18 bits per heavy atom. The minimum absolute atomic E-state index is 0.000275. The van der Waals surface area contributed by atoms with Crippen LogP contribution in [0.15, 0.2) is 24.3 Å². The molecule has 1 aromatic carbocycles. The van der Waals surface area contributed by atoms with Crippen LogP contribution in [0, 0.1) is 5.92 Å². The molecular formula is C17H25N3O2. The molecule has 0 spiro atoms. The van der Waals surface area contributed by atoms with Crippen molar-refractivity contribution in [3.63, 3.8) is 0 Å². The number of hydrogen-bond donors (Lipinski definition) is 1. The van der Waals surface area contributed by atoms with Crippen molar-refractivity contribution in [3.8, 4) is 0 Å². The summed E-state index contributed by atoms with van der Waals surface area (Å²) in [6.07, 6.45) is 0.869. The Hall–Kier alpha value is -2.04. The van der Waals surface area contributed by atoms with E-state index in [1.54, 1.807) is 14.1 Å². The van der Waals surface area contributed by atoms with Crippen LogP contribution in [0.3, 0.4) is 0 Å². The number of fused-ring (bicyclic) bond motifs is 1. The van der Waals surface area contributed by atoms with Gasteiger partial charge in [0.1, 0.15) is 6.04 Å². The fraction of sp³-hybridized carbons (Fsp3) is 0.529. The molecule has 2 rings (SSSR count). The monoisotopic (exact) mass is 303 g/mol. The summed E-state index contributed by atoms with van der Waals surface area (Å²) in [7, 11) is 3.35. The largest absolute Gasteiger partial charge is 0.336 e. The van der Waals surface area contributed by atoms with Crippen LogP contribution in [0.2, 0.25) is 0 Å². The molecule has 0 saturated heterocycles. The average molecular weight is 303 g/mol. The first-order valence-electron chi connectivity index (χ1n) is 7.73. The molecule has 1 aliphatic heterocycles. The molecule has 0 radical (unpaired) electrons. The van der Waals surface area contributed by atoms with Gasteiger partial charge < -0.3 is 15.1 Å². The van der Waals surface area contributed by atoms with Gasteiger partial charge >= 0.3 is 6.03 Å². The molecule has 1 atom stereocenters. The zero-order valence-corrected chi connectivity index (χ0v) is 13.8. The molecule has 5 nitrogen and oxygen atoms in total. The van der Waals surface area contributed by atoms with Crippen LogP contribution < -0.4 is 5.32 Å². The third kappa shape index (κ3) is 3.59. The molecule has 0 unspecified atom stereocenters. The highest BCUT2D eigenvalue weighted by molar-refractivity contribution is 5.87. The number of nitrogens with zero attached hydrogens (tertiary/aromatic N) is 2. The molecule has 0 aliphatic carbocycles. The van der Waals surface area contributed by atoms with Crippen molar-refractivity contribution in [1.29, 1.82) is 0 Å². The van der Waals surface area contributed by atoms with Crippen molar-refractivity contribution in [1.82, 2.24) is 15.1 Å². The van der Waals surface area contributed by atoms with Crippen LogP contribution in [0.25, 0.3) is 0 Å². The lowest BCUT2D eigenvalue weighted by atomic mass is 9.97. The second-order valence-electron chi connectivity index (χ2n) is 6.34. The Morgan fingerprint density at radius 2 is 1.82 bits per heavy atom. The Morgan fingerprint density at radius 3 is 2.41 bits per heavy atom. The number of benzene rings is 1. The molecule has 1 aromatic rings. The summed E-state index contributed by atoms with van der Waals surface area (Å²) >= 11 is 0. The maximum Gasteiger partial charge on any atom is 0.317 e. The normalized spacial score (nSPS) is 15.2. The molecule has 22 heavy (non-hydrogen) atoms. The van der Waals surface area contributed by atoms with Crippen molar-refractivity contribution in [2.75, 3.05) is 20.6 Å². The van der Waals surface area contributed by atoms with E-state index in [0.29, 0.717) is 13.1 Å². The molecule has 5 heteroatoms. The van der Waals surface area contributed by atoms with Crippen LogP contribution in [0.4, 0.5) is 4.79 Å². The number of carbonyl (C=O) groups excluding carboxylic acids is 2. The van der Waals surface area contributed by atoms with E-state index in [4.69, 9.17) is 0 Å². The molecule has 120 valence electrons. The fourth-order valence-electron chi connectivity index (χ4n) is 2.66. The summed E-state index contributed by atoms with van der Waals surface area (Å²) in [6.45, 7) is 5.24. The van der Waals surface area contributed by atoms with Gasteiger partial charge in [0, 0.05) is 27.2 Å². The maximum absolute atomic E-state index is 12.8. The zero-order valence-electron chi connectivity index (χ0n) is 13.8. The molecule has 3 amide bonds. The third-order valence-electron chi connectivity index (χ3n) is 4.06. The standard InChI is InChI=1S/C17H25N3O2/c1-12(2)15(18-17(22)19(3)4)16(21)20-10-9-13-7-5-6-8-14(13)11-20/h5-8,12,15H,9-11H2,1-4H3,(H,18,22)/t15-/m0/s1. The number of carbonyl (C=O) groups is 2. The Balaban J connectivity index is 2.10. The summed E-state index contributed by atoms with van der Waals surface area (Å²) in [5, 5.41) is 2.83. The van der Waals surface area contributed by atoms with Crippen LogP contribution in [-0.2, 0) is 17.8 Å². The number of urea groups is 1. The molecule has 1 heterocycles. The first-order valence-corrected chi connectivity index (χ1v) is 7.73. The smallest absolute Gasteiger partial charge is 0.317 e. The van der Waals surface area contributed by atoms with E-state index >= 15 is 0 Å². The minimum atomic E-state index is -0.486. The third-order valence-corrected chi connectivity index (χ3v) is 4.06. The van der Waals surface area contributed by atoms with Crippen LogP contribution >= 0.6 is 0 Å². The van der Waals surface area contributed by atoms with E-state index < -0.39 is 6.04 Å². The fourth-order valence-corrected chi connectivity index (χ4v) is 2.66. The van der Waals surface area contributed by atoms with Gasteiger partial charge in [-0.15, -0.1) is 0 Å². The molecule has 1 N–H and O–H groups in total. The van der Waals surface area contributed by atoms with Crippen molar-refractivity contribution in [3.05, 3.63) is 35.4 Å². The highest BCUT2D eigenvalue weighted by atomic mass is 16.2. The maximum atomic E-state index is 12.8. The van der Waals surface area contributed by atoms with Crippen molar-refractivity contribution in [2.45, 2.75) is 32.9 Å². The predicted octanol–water partition coefficient (Wildman–Crippen LogP) is 1.87. The SMILES string of the molecule is CC(C)[C@H](NC(=O)N(C)C)C(=O)N1CCc2ccccc2C1. The van der Waals surface area contributed by atoms with Crippen molar-refractivity contribution >= 4 is 11.9 Å². The second kappa shape index (κ2) is 6.81. The first kappa shape index (κ1) is 16.3. The lowest BCUT2D eigenvalue weighted by Crippen LogP contribution is -2.54.